The predicted octanol–water partition coefficient (Wildman–Crippen LogP) is 4.87. The van der Waals surface area contributed by atoms with Gasteiger partial charge in [0.25, 0.3) is 0 Å². The number of benzene rings is 2. The monoisotopic (exact) mass is 382 g/mol. The van der Waals surface area contributed by atoms with Gasteiger partial charge >= 0.3 is 0 Å². The van der Waals surface area contributed by atoms with Gasteiger partial charge in [-0.05, 0) is 55.7 Å². The number of anilines is 2. The Morgan fingerprint density at radius 3 is 2.36 bits per heavy atom. The summed E-state index contributed by atoms with van der Waals surface area (Å²) in [5, 5.41) is 3.09. The third-order valence-corrected chi connectivity index (χ3v) is 5.00. The van der Waals surface area contributed by atoms with E-state index in [9.17, 15) is 4.79 Å². The highest BCUT2D eigenvalue weighted by molar-refractivity contribution is 5.94. The van der Waals surface area contributed by atoms with Gasteiger partial charge in [0.05, 0.1) is 25.1 Å². The van der Waals surface area contributed by atoms with Crippen molar-refractivity contribution in [1.29, 1.82) is 0 Å². The topological polar surface area (TPSA) is 50.8 Å². The highest BCUT2D eigenvalue weighted by Gasteiger charge is 2.14. The van der Waals surface area contributed by atoms with Gasteiger partial charge < -0.3 is 19.7 Å². The molecule has 3 rings (SSSR count). The second-order valence-electron chi connectivity index (χ2n) is 7.09. The third-order valence-electron chi connectivity index (χ3n) is 5.00. The summed E-state index contributed by atoms with van der Waals surface area (Å²) in [6.45, 7) is 2.62. The molecule has 28 heavy (non-hydrogen) atoms. The Labute approximate surface area is 167 Å². The summed E-state index contributed by atoms with van der Waals surface area (Å²) in [5.41, 5.74) is 2.04. The van der Waals surface area contributed by atoms with E-state index in [-0.39, 0.29) is 5.91 Å². The number of hydrogen-bond donors (Lipinski definition) is 1. The standard InChI is InChI=1S/C23H30N2O3/c1-27-19-12-14-20(15-13-19)28-18-8-11-23(26)24-21-9-4-5-10-22(21)25-16-6-2-3-7-17-25/h4-5,9-10,12-15H,2-3,6-8,11,16-18H2,1H3,(H,24,26). The van der Waals surface area contributed by atoms with Crippen LogP contribution in [0.3, 0.4) is 0 Å². The molecule has 0 aliphatic carbocycles. The van der Waals surface area contributed by atoms with Gasteiger partial charge in [-0.15, -0.1) is 0 Å². The fraction of sp³-hybridized carbons (Fsp3) is 0.435. The molecular weight excluding hydrogens is 352 g/mol. The zero-order chi connectivity index (χ0) is 19.6. The van der Waals surface area contributed by atoms with Crippen molar-refractivity contribution in [1.82, 2.24) is 0 Å². The maximum atomic E-state index is 12.4. The number of amides is 1. The van der Waals surface area contributed by atoms with Crippen molar-refractivity contribution >= 4 is 17.3 Å². The zero-order valence-electron chi connectivity index (χ0n) is 16.7. The number of para-hydroxylation sites is 2. The van der Waals surface area contributed by atoms with Gasteiger partial charge in [0.1, 0.15) is 11.5 Å². The van der Waals surface area contributed by atoms with Crippen LogP contribution in [0.2, 0.25) is 0 Å². The van der Waals surface area contributed by atoms with Crippen LogP contribution in [0.1, 0.15) is 38.5 Å². The molecule has 150 valence electrons. The van der Waals surface area contributed by atoms with Gasteiger partial charge in [0, 0.05) is 19.5 Å². The molecule has 1 amide bonds. The first-order valence-electron chi connectivity index (χ1n) is 10.2. The molecule has 1 aliphatic rings. The van der Waals surface area contributed by atoms with E-state index in [4.69, 9.17) is 9.47 Å². The van der Waals surface area contributed by atoms with Crippen LogP contribution in [0, 0.1) is 0 Å². The summed E-state index contributed by atoms with van der Waals surface area (Å²) in [6, 6.07) is 15.6. The summed E-state index contributed by atoms with van der Waals surface area (Å²) in [6.07, 6.45) is 6.11. The average Bonchev–Trinajstić information content (AvgIpc) is 3.01. The minimum absolute atomic E-state index is 0.0283. The second kappa shape index (κ2) is 10.6. The van der Waals surface area contributed by atoms with E-state index >= 15 is 0 Å². The van der Waals surface area contributed by atoms with E-state index in [1.54, 1.807) is 7.11 Å². The van der Waals surface area contributed by atoms with E-state index in [0.717, 1.165) is 36.0 Å². The first-order valence-corrected chi connectivity index (χ1v) is 10.2. The van der Waals surface area contributed by atoms with Crippen molar-refractivity contribution < 1.29 is 14.3 Å². The van der Waals surface area contributed by atoms with Crippen LogP contribution >= 0.6 is 0 Å². The van der Waals surface area contributed by atoms with Crippen LogP contribution in [-0.4, -0.2) is 32.7 Å². The molecule has 1 fully saturated rings. The number of methoxy groups -OCH3 is 1. The van der Waals surface area contributed by atoms with E-state index in [1.165, 1.54) is 25.7 Å². The van der Waals surface area contributed by atoms with Crippen LogP contribution in [0.5, 0.6) is 11.5 Å². The molecule has 0 aromatic heterocycles. The van der Waals surface area contributed by atoms with E-state index < -0.39 is 0 Å². The Bertz CT molecular complexity index is 738. The fourth-order valence-corrected chi connectivity index (χ4v) is 3.47. The smallest absolute Gasteiger partial charge is 0.224 e. The normalized spacial score (nSPS) is 14.2. The largest absolute Gasteiger partial charge is 0.497 e. The third kappa shape index (κ3) is 5.91. The summed E-state index contributed by atoms with van der Waals surface area (Å²) >= 11 is 0. The molecule has 0 radical (unpaired) electrons. The Morgan fingerprint density at radius 1 is 0.964 bits per heavy atom. The van der Waals surface area contributed by atoms with Gasteiger partial charge in [0.2, 0.25) is 5.91 Å². The van der Waals surface area contributed by atoms with Crippen molar-refractivity contribution in [2.24, 2.45) is 0 Å². The maximum Gasteiger partial charge on any atom is 0.224 e. The molecule has 0 unspecified atom stereocenters. The Kier molecular flexibility index (Phi) is 7.59. The van der Waals surface area contributed by atoms with Gasteiger partial charge in [-0.2, -0.15) is 0 Å². The predicted molar refractivity (Wildman–Crippen MR) is 113 cm³/mol. The van der Waals surface area contributed by atoms with Crippen LogP contribution < -0.4 is 19.7 Å². The van der Waals surface area contributed by atoms with E-state index in [1.807, 2.05) is 42.5 Å². The van der Waals surface area contributed by atoms with E-state index in [0.29, 0.717) is 19.4 Å². The van der Waals surface area contributed by atoms with Crippen molar-refractivity contribution in [2.75, 3.05) is 37.0 Å². The van der Waals surface area contributed by atoms with Crippen LogP contribution in [0.4, 0.5) is 11.4 Å². The van der Waals surface area contributed by atoms with Gasteiger partial charge in [0.15, 0.2) is 0 Å². The first-order chi connectivity index (χ1) is 13.8. The van der Waals surface area contributed by atoms with Crippen molar-refractivity contribution in [3.63, 3.8) is 0 Å². The van der Waals surface area contributed by atoms with Crippen LogP contribution in [0.15, 0.2) is 48.5 Å². The molecule has 5 heteroatoms. The lowest BCUT2D eigenvalue weighted by Crippen LogP contribution is -2.25. The lowest BCUT2D eigenvalue weighted by Gasteiger charge is -2.25. The average molecular weight is 383 g/mol. The summed E-state index contributed by atoms with van der Waals surface area (Å²) in [7, 11) is 1.64. The number of nitrogens with zero attached hydrogens (tertiary/aromatic N) is 1. The summed E-state index contributed by atoms with van der Waals surface area (Å²) < 4.78 is 10.8. The Hall–Kier alpha value is -2.69. The SMILES string of the molecule is COc1ccc(OCCCC(=O)Nc2ccccc2N2CCCCCC2)cc1. The number of hydrogen-bond acceptors (Lipinski definition) is 4. The van der Waals surface area contributed by atoms with Crippen molar-refractivity contribution in [3.8, 4) is 11.5 Å². The van der Waals surface area contributed by atoms with E-state index in [2.05, 4.69) is 16.3 Å². The van der Waals surface area contributed by atoms with Gasteiger partial charge in [-0.3, -0.25) is 4.79 Å². The lowest BCUT2D eigenvalue weighted by atomic mass is 10.2. The number of ether oxygens (including phenoxy) is 2. The molecule has 0 spiro atoms. The summed E-state index contributed by atoms with van der Waals surface area (Å²) in [5.74, 6) is 1.61. The molecule has 1 N–H and O–H groups in total. The Morgan fingerprint density at radius 2 is 1.64 bits per heavy atom. The molecule has 2 aromatic rings. The fourth-order valence-electron chi connectivity index (χ4n) is 3.47. The molecule has 1 heterocycles. The van der Waals surface area contributed by atoms with Gasteiger partial charge in [-0.25, -0.2) is 0 Å². The highest BCUT2D eigenvalue weighted by atomic mass is 16.5. The molecule has 5 nitrogen and oxygen atoms in total. The minimum Gasteiger partial charge on any atom is -0.497 e. The van der Waals surface area contributed by atoms with Crippen molar-refractivity contribution in [3.05, 3.63) is 48.5 Å². The van der Waals surface area contributed by atoms with Crippen molar-refractivity contribution in [2.45, 2.75) is 38.5 Å². The number of nitrogens with one attached hydrogen (secondary N) is 1. The second-order valence-corrected chi connectivity index (χ2v) is 7.09. The molecule has 1 saturated heterocycles. The molecule has 0 bridgehead atoms. The Balaban J connectivity index is 1.46. The van der Waals surface area contributed by atoms with Gasteiger partial charge in [-0.1, -0.05) is 25.0 Å². The highest BCUT2D eigenvalue weighted by Crippen LogP contribution is 2.28. The molecular formula is C23H30N2O3. The maximum absolute atomic E-state index is 12.4. The molecule has 1 aliphatic heterocycles. The number of carbonyl (C=O) groups is 1. The number of carbonyl (C=O) groups excluding carboxylic acids is 1. The minimum atomic E-state index is 0.0283. The first kappa shape index (κ1) is 20.1. The number of rotatable bonds is 8. The zero-order valence-corrected chi connectivity index (χ0v) is 16.7. The van der Waals surface area contributed by atoms with Crippen LogP contribution in [0.25, 0.3) is 0 Å². The lowest BCUT2D eigenvalue weighted by molar-refractivity contribution is -0.116. The molecule has 0 atom stereocenters. The molecule has 2 aromatic carbocycles. The van der Waals surface area contributed by atoms with Crippen LogP contribution in [-0.2, 0) is 4.79 Å². The molecule has 0 saturated carbocycles. The quantitative estimate of drug-likeness (QED) is 0.662. The summed E-state index contributed by atoms with van der Waals surface area (Å²) in [4.78, 5) is 14.8.